The maximum Gasteiger partial charge on any atom is 0.335 e. The predicted molar refractivity (Wildman–Crippen MR) is 79.2 cm³/mol. The number of hydrogen-bond acceptors (Lipinski definition) is 4. The average Bonchev–Trinajstić information content (AvgIpc) is 2.37. The molecule has 0 saturated carbocycles. The van der Waals surface area contributed by atoms with Gasteiger partial charge in [0.2, 0.25) is 10.0 Å². The molecular weight excluding hydrogens is 318 g/mol. The number of carboxylic acid groups (broad SMARTS) is 1. The molecule has 0 aromatic heterocycles. The van der Waals surface area contributed by atoms with Gasteiger partial charge in [0, 0.05) is 13.2 Å². The third kappa shape index (κ3) is 4.67. The lowest BCUT2D eigenvalue weighted by molar-refractivity contribution is 0.0696. The van der Waals surface area contributed by atoms with Crippen molar-refractivity contribution in [3.05, 3.63) is 28.8 Å². The Labute approximate surface area is 129 Å². The van der Waals surface area contributed by atoms with Crippen LogP contribution in [0.3, 0.4) is 0 Å². The summed E-state index contributed by atoms with van der Waals surface area (Å²) in [6.45, 7) is 3.90. The molecule has 8 heteroatoms. The Bertz CT molecular complexity index is 615. The van der Waals surface area contributed by atoms with Crippen LogP contribution in [0.15, 0.2) is 23.1 Å². The molecule has 1 unspecified atom stereocenters. The molecule has 21 heavy (non-hydrogen) atoms. The van der Waals surface area contributed by atoms with Gasteiger partial charge in [0.1, 0.15) is 4.90 Å². The molecule has 0 saturated heterocycles. The van der Waals surface area contributed by atoms with Gasteiger partial charge in [-0.2, -0.15) is 0 Å². The number of sulfonamides is 1. The number of aromatic carboxylic acids is 1. The van der Waals surface area contributed by atoms with E-state index in [1.165, 1.54) is 19.2 Å². The fraction of sp³-hybridized carbons (Fsp3) is 0.462. The molecule has 0 aliphatic carbocycles. The van der Waals surface area contributed by atoms with Gasteiger partial charge in [-0.3, -0.25) is 0 Å². The minimum Gasteiger partial charge on any atom is -0.478 e. The Morgan fingerprint density at radius 1 is 1.43 bits per heavy atom. The molecule has 0 radical (unpaired) electrons. The lowest BCUT2D eigenvalue weighted by Gasteiger charge is -2.21. The average molecular weight is 336 g/mol. The molecule has 1 atom stereocenters. The van der Waals surface area contributed by atoms with E-state index >= 15 is 0 Å². The number of carboxylic acids is 1. The maximum atomic E-state index is 12.4. The van der Waals surface area contributed by atoms with Crippen molar-refractivity contribution < 1.29 is 23.1 Å². The monoisotopic (exact) mass is 335 g/mol. The smallest absolute Gasteiger partial charge is 0.335 e. The number of nitrogens with one attached hydrogen (secondary N) is 1. The highest BCUT2D eigenvalue weighted by molar-refractivity contribution is 7.89. The molecular formula is C13H18ClNO5S. The molecule has 0 bridgehead atoms. The standard InChI is InChI=1S/C13H18ClNO5S/c1-8(2)11(7-20-3)15-21(18,19)12-6-9(13(16)17)4-5-10(12)14/h4-6,8,11,15H,7H2,1-3H3,(H,16,17). The van der Waals surface area contributed by atoms with E-state index in [2.05, 4.69) is 4.72 Å². The zero-order valence-corrected chi connectivity index (χ0v) is 13.5. The topological polar surface area (TPSA) is 92.7 Å². The van der Waals surface area contributed by atoms with E-state index in [9.17, 15) is 13.2 Å². The highest BCUT2D eigenvalue weighted by atomic mass is 35.5. The number of benzene rings is 1. The Morgan fingerprint density at radius 2 is 2.05 bits per heavy atom. The third-order valence-corrected chi connectivity index (χ3v) is 4.90. The Morgan fingerprint density at radius 3 is 2.52 bits per heavy atom. The second-order valence-electron chi connectivity index (χ2n) is 4.88. The number of methoxy groups -OCH3 is 1. The molecule has 1 aromatic rings. The van der Waals surface area contributed by atoms with Gasteiger partial charge < -0.3 is 9.84 Å². The van der Waals surface area contributed by atoms with Crippen molar-refractivity contribution in [2.75, 3.05) is 13.7 Å². The van der Waals surface area contributed by atoms with Crippen LogP contribution in [0.4, 0.5) is 0 Å². The molecule has 118 valence electrons. The van der Waals surface area contributed by atoms with Gasteiger partial charge in [0.05, 0.1) is 17.2 Å². The highest BCUT2D eigenvalue weighted by Gasteiger charge is 2.25. The van der Waals surface area contributed by atoms with Crippen LogP contribution in [0.25, 0.3) is 0 Å². The van der Waals surface area contributed by atoms with Gasteiger partial charge in [-0.25, -0.2) is 17.9 Å². The van der Waals surface area contributed by atoms with Crippen LogP contribution in [-0.2, 0) is 14.8 Å². The first-order chi connectivity index (χ1) is 9.69. The van der Waals surface area contributed by atoms with Crippen molar-refractivity contribution in [1.29, 1.82) is 0 Å². The fourth-order valence-electron chi connectivity index (χ4n) is 1.65. The van der Waals surface area contributed by atoms with Crippen LogP contribution >= 0.6 is 11.6 Å². The lowest BCUT2D eigenvalue weighted by atomic mass is 10.1. The third-order valence-electron chi connectivity index (χ3n) is 2.93. The first kappa shape index (κ1) is 17.9. The van der Waals surface area contributed by atoms with Gasteiger partial charge >= 0.3 is 5.97 Å². The summed E-state index contributed by atoms with van der Waals surface area (Å²) in [6, 6.07) is 3.10. The van der Waals surface area contributed by atoms with E-state index in [0.29, 0.717) is 0 Å². The molecule has 6 nitrogen and oxygen atoms in total. The highest BCUT2D eigenvalue weighted by Crippen LogP contribution is 2.23. The van der Waals surface area contributed by atoms with Gasteiger partial charge in [0.25, 0.3) is 0 Å². The summed E-state index contributed by atoms with van der Waals surface area (Å²) in [4.78, 5) is 10.7. The fourth-order valence-corrected chi connectivity index (χ4v) is 3.54. The van der Waals surface area contributed by atoms with E-state index in [4.69, 9.17) is 21.4 Å². The second-order valence-corrected chi connectivity index (χ2v) is 6.97. The molecule has 0 aliphatic heterocycles. The molecule has 0 spiro atoms. The summed E-state index contributed by atoms with van der Waals surface area (Å²) in [5.41, 5.74) is -0.146. The van der Waals surface area contributed by atoms with E-state index < -0.39 is 22.0 Å². The first-order valence-electron chi connectivity index (χ1n) is 6.23. The summed E-state index contributed by atoms with van der Waals surface area (Å²) in [7, 11) is -2.46. The van der Waals surface area contributed by atoms with Crippen molar-refractivity contribution >= 4 is 27.6 Å². The van der Waals surface area contributed by atoms with E-state index in [1.807, 2.05) is 13.8 Å². The summed E-state index contributed by atoms with van der Waals surface area (Å²) in [5.74, 6) is -1.22. The van der Waals surface area contributed by atoms with Gasteiger partial charge in [-0.15, -0.1) is 0 Å². The van der Waals surface area contributed by atoms with Gasteiger partial charge in [0.15, 0.2) is 0 Å². The molecule has 0 fully saturated rings. The van der Waals surface area contributed by atoms with Crippen molar-refractivity contribution in [3.63, 3.8) is 0 Å². The Hall–Kier alpha value is -1.15. The van der Waals surface area contributed by atoms with Gasteiger partial charge in [-0.1, -0.05) is 25.4 Å². The number of carbonyl (C=O) groups is 1. The number of rotatable bonds is 7. The first-order valence-corrected chi connectivity index (χ1v) is 8.09. The minimum absolute atomic E-state index is 0.00107. The second kappa shape index (κ2) is 7.22. The van der Waals surface area contributed by atoms with Crippen molar-refractivity contribution in [2.45, 2.75) is 24.8 Å². The number of hydrogen-bond donors (Lipinski definition) is 2. The van der Waals surface area contributed by atoms with Crippen LogP contribution in [0.2, 0.25) is 5.02 Å². The van der Waals surface area contributed by atoms with E-state index in [1.54, 1.807) is 0 Å². The van der Waals surface area contributed by atoms with Crippen molar-refractivity contribution in [1.82, 2.24) is 4.72 Å². The van der Waals surface area contributed by atoms with Gasteiger partial charge in [-0.05, 0) is 24.1 Å². The molecule has 1 aromatic carbocycles. The lowest BCUT2D eigenvalue weighted by Crippen LogP contribution is -2.41. The van der Waals surface area contributed by atoms with Crippen LogP contribution in [0, 0.1) is 5.92 Å². The summed E-state index contributed by atoms with van der Waals surface area (Å²) in [5, 5.41) is 8.91. The molecule has 0 aliphatic rings. The molecule has 1 rings (SSSR count). The Kier molecular flexibility index (Phi) is 6.15. The number of halogens is 1. The van der Waals surface area contributed by atoms with Crippen LogP contribution in [0.1, 0.15) is 24.2 Å². The zero-order chi connectivity index (χ0) is 16.2. The largest absolute Gasteiger partial charge is 0.478 e. The molecule has 0 amide bonds. The molecule has 2 N–H and O–H groups in total. The summed E-state index contributed by atoms with van der Waals surface area (Å²) >= 11 is 5.88. The molecule has 0 heterocycles. The minimum atomic E-state index is -3.94. The maximum absolute atomic E-state index is 12.4. The van der Waals surface area contributed by atoms with Crippen LogP contribution in [-0.4, -0.2) is 39.3 Å². The zero-order valence-electron chi connectivity index (χ0n) is 12.0. The van der Waals surface area contributed by atoms with Crippen LogP contribution in [0.5, 0.6) is 0 Å². The van der Waals surface area contributed by atoms with Crippen LogP contribution < -0.4 is 4.72 Å². The summed E-state index contributed by atoms with van der Waals surface area (Å²) in [6.07, 6.45) is 0. The predicted octanol–water partition coefficient (Wildman–Crippen LogP) is 1.99. The van der Waals surface area contributed by atoms with Crippen molar-refractivity contribution in [2.24, 2.45) is 5.92 Å². The quantitative estimate of drug-likeness (QED) is 0.795. The number of ether oxygens (including phenoxy) is 1. The van der Waals surface area contributed by atoms with Crippen molar-refractivity contribution in [3.8, 4) is 0 Å². The summed E-state index contributed by atoms with van der Waals surface area (Å²) < 4.78 is 32.2. The van der Waals surface area contributed by atoms with E-state index in [-0.39, 0.29) is 28.0 Å². The SMILES string of the molecule is COCC(NS(=O)(=O)c1cc(C(=O)O)ccc1Cl)C(C)C. The normalized spacial score (nSPS) is 13.4. The Balaban J connectivity index is 3.18. The van der Waals surface area contributed by atoms with E-state index in [0.717, 1.165) is 6.07 Å².